The number of carboxylic acids is 1. The quantitative estimate of drug-likeness (QED) is 0.925. The summed E-state index contributed by atoms with van der Waals surface area (Å²) in [4.78, 5) is 13.0. The summed E-state index contributed by atoms with van der Waals surface area (Å²) in [7, 11) is 0. The van der Waals surface area contributed by atoms with Gasteiger partial charge in [0.05, 0.1) is 5.92 Å². The largest absolute Gasteiger partial charge is 0.481 e. The lowest BCUT2D eigenvalue weighted by Crippen LogP contribution is -2.39. The van der Waals surface area contributed by atoms with Crippen LogP contribution < -0.4 is 0 Å². The van der Waals surface area contributed by atoms with Crippen LogP contribution in [0, 0.1) is 11.7 Å². The molecule has 1 aromatic carbocycles. The van der Waals surface area contributed by atoms with E-state index in [1.54, 1.807) is 12.1 Å². The standard InChI is InChI=1S/C14H17ClFNO2/c15-12-4-1-5-13(16)11(12)6-8-17-7-2-3-10(9-17)14(18)19/h1,4-5,10H,2-3,6-9H2,(H,18,19). The average molecular weight is 286 g/mol. The molecule has 1 saturated heterocycles. The molecule has 5 heteroatoms. The van der Waals surface area contributed by atoms with Crippen LogP contribution in [0.5, 0.6) is 0 Å². The highest BCUT2D eigenvalue weighted by molar-refractivity contribution is 6.31. The van der Waals surface area contributed by atoms with E-state index in [0.29, 0.717) is 30.1 Å². The zero-order chi connectivity index (χ0) is 13.8. The van der Waals surface area contributed by atoms with Crippen LogP contribution in [0.25, 0.3) is 0 Å². The third kappa shape index (κ3) is 3.67. The van der Waals surface area contributed by atoms with Crippen molar-refractivity contribution in [2.45, 2.75) is 19.3 Å². The first-order valence-electron chi connectivity index (χ1n) is 6.46. The number of nitrogens with zero attached hydrogens (tertiary/aromatic N) is 1. The van der Waals surface area contributed by atoms with E-state index < -0.39 is 5.97 Å². The molecule has 2 rings (SSSR count). The number of carbonyl (C=O) groups is 1. The molecule has 1 aromatic rings. The van der Waals surface area contributed by atoms with E-state index in [1.165, 1.54) is 6.07 Å². The highest BCUT2D eigenvalue weighted by Crippen LogP contribution is 2.21. The minimum absolute atomic E-state index is 0.292. The van der Waals surface area contributed by atoms with Crippen molar-refractivity contribution in [3.63, 3.8) is 0 Å². The number of piperidine rings is 1. The van der Waals surface area contributed by atoms with E-state index in [2.05, 4.69) is 4.90 Å². The van der Waals surface area contributed by atoms with Crippen LogP contribution in [0.1, 0.15) is 18.4 Å². The van der Waals surface area contributed by atoms with Gasteiger partial charge >= 0.3 is 5.97 Å². The molecular formula is C14H17ClFNO2. The summed E-state index contributed by atoms with van der Waals surface area (Å²) < 4.78 is 13.6. The van der Waals surface area contributed by atoms with Crippen LogP contribution in [-0.4, -0.2) is 35.6 Å². The summed E-state index contributed by atoms with van der Waals surface area (Å²) in [5.74, 6) is -1.34. The van der Waals surface area contributed by atoms with Crippen LogP contribution in [0.2, 0.25) is 5.02 Å². The van der Waals surface area contributed by atoms with Gasteiger partial charge in [0, 0.05) is 23.7 Å². The van der Waals surface area contributed by atoms with Crippen molar-refractivity contribution < 1.29 is 14.3 Å². The minimum atomic E-state index is -0.742. The Morgan fingerprint density at radius 3 is 3.00 bits per heavy atom. The molecule has 1 heterocycles. The van der Waals surface area contributed by atoms with Gasteiger partial charge in [0.1, 0.15) is 5.82 Å². The van der Waals surface area contributed by atoms with Gasteiger partial charge in [-0.3, -0.25) is 4.79 Å². The van der Waals surface area contributed by atoms with Crippen LogP contribution >= 0.6 is 11.6 Å². The fourth-order valence-corrected chi connectivity index (χ4v) is 2.76. The second-order valence-electron chi connectivity index (χ2n) is 4.93. The van der Waals surface area contributed by atoms with Gasteiger partial charge in [-0.2, -0.15) is 0 Å². The van der Waals surface area contributed by atoms with Gasteiger partial charge in [-0.15, -0.1) is 0 Å². The number of rotatable bonds is 4. The van der Waals surface area contributed by atoms with Crippen molar-refractivity contribution in [1.82, 2.24) is 4.90 Å². The van der Waals surface area contributed by atoms with Gasteiger partial charge < -0.3 is 10.0 Å². The number of halogens is 2. The Morgan fingerprint density at radius 1 is 1.53 bits per heavy atom. The van der Waals surface area contributed by atoms with Crippen molar-refractivity contribution in [1.29, 1.82) is 0 Å². The van der Waals surface area contributed by atoms with Gasteiger partial charge in [-0.05, 0) is 37.9 Å². The summed E-state index contributed by atoms with van der Waals surface area (Å²) in [6.07, 6.45) is 2.12. The van der Waals surface area contributed by atoms with E-state index >= 15 is 0 Å². The Balaban J connectivity index is 1.93. The minimum Gasteiger partial charge on any atom is -0.481 e. The summed E-state index contributed by atoms with van der Waals surface area (Å²) in [6.45, 7) is 2.06. The van der Waals surface area contributed by atoms with Gasteiger partial charge in [0.15, 0.2) is 0 Å². The molecule has 0 saturated carbocycles. The molecule has 1 fully saturated rings. The summed E-state index contributed by atoms with van der Waals surface area (Å²) in [5, 5.41) is 9.46. The number of carboxylic acid groups (broad SMARTS) is 1. The number of aliphatic carboxylic acids is 1. The molecule has 1 atom stereocenters. The van der Waals surface area contributed by atoms with Gasteiger partial charge in [-0.25, -0.2) is 4.39 Å². The smallest absolute Gasteiger partial charge is 0.307 e. The second-order valence-corrected chi connectivity index (χ2v) is 5.34. The Labute approximate surface area is 117 Å². The highest BCUT2D eigenvalue weighted by Gasteiger charge is 2.25. The molecule has 1 aliphatic rings. The lowest BCUT2D eigenvalue weighted by molar-refractivity contribution is -0.143. The van der Waals surface area contributed by atoms with Crippen LogP contribution in [0.15, 0.2) is 18.2 Å². The third-order valence-corrected chi connectivity index (χ3v) is 3.95. The Morgan fingerprint density at radius 2 is 2.32 bits per heavy atom. The van der Waals surface area contributed by atoms with E-state index in [0.717, 1.165) is 19.4 Å². The molecular weight excluding hydrogens is 269 g/mol. The van der Waals surface area contributed by atoms with Crippen molar-refractivity contribution in [2.24, 2.45) is 5.92 Å². The Bertz CT molecular complexity index is 447. The van der Waals surface area contributed by atoms with Gasteiger partial charge in [0.25, 0.3) is 0 Å². The monoisotopic (exact) mass is 285 g/mol. The van der Waals surface area contributed by atoms with E-state index in [1.807, 2.05) is 0 Å². The molecule has 19 heavy (non-hydrogen) atoms. The maximum absolute atomic E-state index is 13.6. The van der Waals surface area contributed by atoms with E-state index in [9.17, 15) is 9.18 Å². The van der Waals surface area contributed by atoms with Crippen LogP contribution in [0.3, 0.4) is 0 Å². The van der Waals surface area contributed by atoms with Crippen LogP contribution in [0.4, 0.5) is 4.39 Å². The molecule has 0 spiro atoms. The predicted molar refractivity (Wildman–Crippen MR) is 71.9 cm³/mol. The predicted octanol–water partition coefficient (Wildman–Crippen LogP) is 2.82. The maximum Gasteiger partial charge on any atom is 0.307 e. The number of hydrogen-bond donors (Lipinski definition) is 1. The third-order valence-electron chi connectivity index (χ3n) is 3.59. The molecule has 1 N–H and O–H groups in total. The van der Waals surface area contributed by atoms with Gasteiger partial charge in [-0.1, -0.05) is 17.7 Å². The van der Waals surface area contributed by atoms with Crippen molar-refractivity contribution >= 4 is 17.6 Å². The van der Waals surface area contributed by atoms with E-state index in [4.69, 9.17) is 16.7 Å². The first-order chi connectivity index (χ1) is 9.08. The molecule has 3 nitrogen and oxygen atoms in total. The number of benzene rings is 1. The van der Waals surface area contributed by atoms with Crippen molar-refractivity contribution in [2.75, 3.05) is 19.6 Å². The second kappa shape index (κ2) is 6.35. The molecule has 104 valence electrons. The number of likely N-dealkylation sites (tertiary alicyclic amines) is 1. The average Bonchev–Trinajstić information content (AvgIpc) is 2.38. The maximum atomic E-state index is 13.6. The summed E-state index contributed by atoms with van der Waals surface area (Å²) >= 11 is 5.97. The molecule has 0 aromatic heterocycles. The lowest BCUT2D eigenvalue weighted by Gasteiger charge is -2.30. The Hall–Kier alpha value is -1.13. The highest BCUT2D eigenvalue weighted by atomic mass is 35.5. The lowest BCUT2D eigenvalue weighted by atomic mass is 9.98. The SMILES string of the molecule is O=C(O)C1CCCN(CCc2c(F)cccc2Cl)C1. The molecule has 0 bridgehead atoms. The first kappa shape index (κ1) is 14.3. The fraction of sp³-hybridized carbons (Fsp3) is 0.500. The zero-order valence-corrected chi connectivity index (χ0v) is 11.4. The van der Waals surface area contributed by atoms with E-state index in [-0.39, 0.29) is 11.7 Å². The first-order valence-corrected chi connectivity index (χ1v) is 6.84. The fourth-order valence-electron chi connectivity index (χ4n) is 2.50. The summed E-state index contributed by atoms with van der Waals surface area (Å²) in [6, 6.07) is 4.66. The van der Waals surface area contributed by atoms with Crippen LogP contribution in [-0.2, 0) is 11.2 Å². The number of hydrogen-bond acceptors (Lipinski definition) is 2. The molecule has 1 unspecified atom stereocenters. The van der Waals surface area contributed by atoms with Crippen molar-refractivity contribution in [3.05, 3.63) is 34.6 Å². The van der Waals surface area contributed by atoms with Crippen molar-refractivity contribution in [3.8, 4) is 0 Å². The normalized spacial score (nSPS) is 20.4. The Kier molecular flexibility index (Phi) is 4.77. The molecule has 0 radical (unpaired) electrons. The molecule has 1 aliphatic heterocycles. The summed E-state index contributed by atoms with van der Waals surface area (Å²) in [5.41, 5.74) is 0.515. The topological polar surface area (TPSA) is 40.5 Å². The molecule has 0 aliphatic carbocycles. The zero-order valence-electron chi connectivity index (χ0n) is 10.6. The van der Waals surface area contributed by atoms with Gasteiger partial charge in [0.2, 0.25) is 0 Å². The molecule has 0 amide bonds.